The van der Waals surface area contributed by atoms with E-state index in [0.29, 0.717) is 16.9 Å². The molecule has 1 amide bonds. The van der Waals surface area contributed by atoms with Gasteiger partial charge in [-0.05, 0) is 61.0 Å². The first-order valence-electron chi connectivity index (χ1n) is 9.85. The summed E-state index contributed by atoms with van der Waals surface area (Å²) in [4.78, 5) is 14.1. The van der Waals surface area contributed by atoms with Crippen LogP contribution in [0.4, 0.5) is 24.5 Å². The zero-order valence-corrected chi connectivity index (χ0v) is 19.0. The van der Waals surface area contributed by atoms with E-state index in [1.807, 2.05) is 6.92 Å². The van der Waals surface area contributed by atoms with Crippen LogP contribution in [0.3, 0.4) is 0 Å². The molecule has 3 aromatic carbocycles. The molecular formula is C23H19F3N2O3S2. The topological polar surface area (TPSA) is 66.5 Å². The number of sulfonamides is 1. The summed E-state index contributed by atoms with van der Waals surface area (Å²) >= 11 is 1.32. The van der Waals surface area contributed by atoms with Crippen molar-refractivity contribution in [3.63, 3.8) is 0 Å². The minimum Gasteiger partial charge on any atom is -0.295 e. The largest absolute Gasteiger partial charge is 0.416 e. The SMILES string of the molecule is Cc1ccc(S(=O)(=O)Nc2cccc([C@@H]3SCC(=O)N3c3ccc(C(F)(F)F)cc3)c2)cc1. The molecule has 4 rings (SSSR count). The Labute approximate surface area is 193 Å². The van der Waals surface area contributed by atoms with E-state index in [1.54, 1.807) is 36.4 Å². The molecule has 1 fully saturated rings. The number of nitrogens with zero attached hydrogens (tertiary/aromatic N) is 1. The van der Waals surface area contributed by atoms with E-state index in [0.717, 1.165) is 17.7 Å². The van der Waals surface area contributed by atoms with E-state index in [9.17, 15) is 26.4 Å². The minimum atomic E-state index is -4.47. The Hall–Kier alpha value is -2.98. The molecule has 0 saturated carbocycles. The second-order valence-electron chi connectivity index (χ2n) is 7.52. The molecule has 1 atom stereocenters. The molecule has 33 heavy (non-hydrogen) atoms. The van der Waals surface area contributed by atoms with Crippen LogP contribution in [0.1, 0.15) is 22.1 Å². The third-order valence-electron chi connectivity index (χ3n) is 5.10. The van der Waals surface area contributed by atoms with Crippen molar-refractivity contribution in [1.82, 2.24) is 0 Å². The summed E-state index contributed by atoms with van der Waals surface area (Å²) in [6.45, 7) is 1.86. The summed E-state index contributed by atoms with van der Waals surface area (Å²) in [7, 11) is -3.81. The van der Waals surface area contributed by atoms with E-state index in [-0.39, 0.29) is 16.6 Å². The van der Waals surface area contributed by atoms with Gasteiger partial charge < -0.3 is 0 Å². The molecule has 0 spiro atoms. The predicted octanol–water partition coefficient (Wildman–Crippen LogP) is 5.59. The fraction of sp³-hybridized carbons (Fsp3) is 0.174. The summed E-state index contributed by atoms with van der Waals surface area (Å²) in [6.07, 6.45) is -4.47. The van der Waals surface area contributed by atoms with Crippen LogP contribution in [0, 0.1) is 6.92 Å². The van der Waals surface area contributed by atoms with E-state index in [1.165, 1.54) is 40.9 Å². The number of amides is 1. The highest BCUT2D eigenvalue weighted by Gasteiger charge is 2.35. The average Bonchev–Trinajstić information content (AvgIpc) is 3.15. The number of halogens is 3. The Morgan fingerprint density at radius 2 is 1.67 bits per heavy atom. The van der Waals surface area contributed by atoms with Gasteiger partial charge in [0.25, 0.3) is 10.0 Å². The predicted molar refractivity (Wildman–Crippen MR) is 123 cm³/mol. The molecule has 1 aliphatic heterocycles. The lowest BCUT2D eigenvalue weighted by atomic mass is 10.1. The van der Waals surface area contributed by atoms with Crippen LogP contribution in [0.2, 0.25) is 0 Å². The van der Waals surface area contributed by atoms with Crippen molar-refractivity contribution in [2.45, 2.75) is 23.4 Å². The molecule has 1 N–H and O–H groups in total. The quantitative estimate of drug-likeness (QED) is 0.504. The minimum absolute atomic E-state index is 0.121. The normalized spacial score (nSPS) is 16.8. The van der Waals surface area contributed by atoms with Gasteiger partial charge in [-0.1, -0.05) is 29.8 Å². The molecule has 0 unspecified atom stereocenters. The third-order valence-corrected chi connectivity index (χ3v) is 7.71. The highest BCUT2D eigenvalue weighted by molar-refractivity contribution is 8.00. The van der Waals surface area contributed by atoms with Crippen LogP contribution in [0.5, 0.6) is 0 Å². The van der Waals surface area contributed by atoms with Gasteiger partial charge in [-0.3, -0.25) is 14.4 Å². The average molecular weight is 493 g/mol. The maximum Gasteiger partial charge on any atom is 0.416 e. The van der Waals surface area contributed by atoms with Crippen molar-refractivity contribution >= 4 is 39.1 Å². The van der Waals surface area contributed by atoms with E-state index >= 15 is 0 Å². The number of alkyl halides is 3. The van der Waals surface area contributed by atoms with E-state index in [4.69, 9.17) is 0 Å². The molecule has 5 nitrogen and oxygen atoms in total. The van der Waals surface area contributed by atoms with Crippen LogP contribution in [-0.4, -0.2) is 20.1 Å². The lowest BCUT2D eigenvalue weighted by Crippen LogP contribution is -2.28. The first-order valence-corrected chi connectivity index (χ1v) is 12.4. The number of carbonyl (C=O) groups excluding carboxylic acids is 1. The molecule has 0 aromatic heterocycles. The maximum absolute atomic E-state index is 12.9. The number of carbonyl (C=O) groups is 1. The lowest BCUT2D eigenvalue weighted by molar-refractivity contribution is -0.137. The zero-order valence-electron chi connectivity index (χ0n) is 17.3. The second-order valence-corrected chi connectivity index (χ2v) is 10.3. The highest BCUT2D eigenvalue weighted by Crippen LogP contribution is 2.43. The number of benzene rings is 3. The van der Waals surface area contributed by atoms with Gasteiger partial charge >= 0.3 is 6.18 Å². The van der Waals surface area contributed by atoms with Gasteiger partial charge in [-0.25, -0.2) is 8.42 Å². The summed E-state index contributed by atoms with van der Waals surface area (Å²) in [5, 5.41) is -0.502. The summed E-state index contributed by atoms with van der Waals surface area (Å²) in [6, 6.07) is 17.5. The summed E-state index contributed by atoms with van der Waals surface area (Å²) < 4.78 is 66.7. The van der Waals surface area contributed by atoms with Crippen LogP contribution < -0.4 is 9.62 Å². The molecule has 1 aliphatic rings. The Morgan fingerprint density at radius 1 is 1.00 bits per heavy atom. The second kappa shape index (κ2) is 8.75. The summed E-state index contributed by atoms with van der Waals surface area (Å²) in [5.41, 5.74) is 1.45. The van der Waals surface area contributed by atoms with E-state index < -0.39 is 27.1 Å². The Kier molecular flexibility index (Phi) is 6.15. The van der Waals surface area contributed by atoms with Gasteiger partial charge in [0.05, 0.1) is 16.2 Å². The smallest absolute Gasteiger partial charge is 0.295 e. The van der Waals surface area contributed by atoms with Crippen LogP contribution in [-0.2, 0) is 21.0 Å². The van der Waals surface area contributed by atoms with Gasteiger partial charge in [-0.15, -0.1) is 11.8 Å². The van der Waals surface area contributed by atoms with Gasteiger partial charge in [0.15, 0.2) is 0 Å². The molecular weight excluding hydrogens is 473 g/mol. The van der Waals surface area contributed by atoms with Crippen molar-refractivity contribution in [1.29, 1.82) is 0 Å². The lowest BCUT2D eigenvalue weighted by Gasteiger charge is -2.25. The number of rotatable bonds is 5. The molecule has 1 heterocycles. The Morgan fingerprint density at radius 3 is 2.30 bits per heavy atom. The van der Waals surface area contributed by atoms with Gasteiger partial charge in [0, 0.05) is 11.4 Å². The molecule has 0 bridgehead atoms. The molecule has 172 valence electrons. The molecule has 3 aromatic rings. The fourth-order valence-electron chi connectivity index (χ4n) is 3.45. The Bertz CT molecular complexity index is 1280. The molecule has 0 aliphatic carbocycles. The third kappa shape index (κ3) is 5.01. The Balaban J connectivity index is 1.60. The maximum atomic E-state index is 12.9. The standard InChI is InChI=1S/C23H19F3N2O3S2/c1-15-5-11-20(12-6-15)33(30,31)27-18-4-2-3-16(13-18)22-28(21(29)14-32-22)19-9-7-17(8-10-19)23(24,25)26/h2-13,22,27H,14H2,1H3/t22-/m0/s1. The highest BCUT2D eigenvalue weighted by atomic mass is 32.2. The molecule has 10 heteroatoms. The molecule has 0 radical (unpaired) electrons. The van der Waals surface area contributed by atoms with E-state index in [2.05, 4.69) is 4.72 Å². The first-order chi connectivity index (χ1) is 15.5. The van der Waals surface area contributed by atoms with Gasteiger partial charge in [0.1, 0.15) is 5.37 Å². The summed E-state index contributed by atoms with van der Waals surface area (Å²) in [5.74, 6) is -0.0826. The van der Waals surface area contributed by atoms with Crippen molar-refractivity contribution < 1.29 is 26.4 Å². The van der Waals surface area contributed by atoms with Crippen molar-refractivity contribution in [3.8, 4) is 0 Å². The van der Waals surface area contributed by atoms with Crippen LogP contribution in [0.25, 0.3) is 0 Å². The first kappa shape index (κ1) is 23.2. The number of hydrogen-bond acceptors (Lipinski definition) is 4. The molecule has 1 saturated heterocycles. The van der Waals surface area contributed by atoms with Crippen LogP contribution in [0.15, 0.2) is 77.7 Å². The fourth-order valence-corrected chi connectivity index (χ4v) is 5.66. The van der Waals surface area contributed by atoms with Crippen molar-refractivity contribution in [2.75, 3.05) is 15.4 Å². The van der Waals surface area contributed by atoms with Gasteiger partial charge in [0.2, 0.25) is 5.91 Å². The van der Waals surface area contributed by atoms with Gasteiger partial charge in [-0.2, -0.15) is 13.2 Å². The number of hydrogen-bond donors (Lipinski definition) is 1. The number of aryl methyl sites for hydroxylation is 1. The number of thioether (sulfide) groups is 1. The zero-order chi connectivity index (χ0) is 23.8. The number of anilines is 2. The monoisotopic (exact) mass is 492 g/mol. The van der Waals surface area contributed by atoms with Crippen LogP contribution >= 0.6 is 11.8 Å². The number of nitrogens with one attached hydrogen (secondary N) is 1. The van der Waals surface area contributed by atoms with Crippen molar-refractivity contribution in [2.24, 2.45) is 0 Å². The van der Waals surface area contributed by atoms with Crippen molar-refractivity contribution in [3.05, 3.63) is 89.5 Å².